The summed E-state index contributed by atoms with van der Waals surface area (Å²) in [7, 11) is 0. The number of hydrogen-bond acceptors (Lipinski definition) is 4. The molecule has 0 radical (unpaired) electrons. The molecule has 1 heterocycles. The highest BCUT2D eigenvalue weighted by Gasteiger charge is 2.45. The van der Waals surface area contributed by atoms with E-state index in [9.17, 15) is 14.7 Å². The first kappa shape index (κ1) is 23.8. The number of amides is 1. The number of rotatable bonds is 8. The molecule has 6 heteroatoms. The lowest BCUT2D eigenvalue weighted by Crippen LogP contribution is -2.31. The van der Waals surface area contributed by atoms with Gasteiger partial charge in [-0.1, -0.05) is 77.5 Å². The van der Waals surface area contributed by atoms with E-state index in [-0.39, 0.29) is 11.3 Å². The molecule has 3 aromatic carbocycles. The number of aliphatic hydroxyl groups excluding tert-OH is 1. The Bertz CT molecular complexity index is 1220. The second-order valence-electron chi connectivity index (χ2n) is 8.16. The Labute approximate surface area is 207 Å². The molecular weight excluding hydrogens is 494 g/mol. The van der Waals surface area contributed by atoms with Gasteiger partial charge in [-0.05, 0) is 48.2 Å². The molecule has 4 rings (SSSR count). The van der Waals surface area contributed by atoms with Crippen molar-refractivity contribution in [3.8, 4) is 5.75 Å². The fourth-order valence-electron chi connectivity index (χ4n) is 4.14. The molecule has 1 fully saturated rings. The number of carbonyl (C=O) groups is 2. The number of Topliss-reactive ketones (excluding diaryl/α,β-unsaturated/α-hetero) is 1. The number of nitrogens with zero attached hydrogens (tertiary/aromatic N) is 1. The lowest BCUT2D eigenvalue weighted by atomic mass is 9.95. The highest BCUT2D eigenvalue weighted by atomic mass is 79.9. The van der Waals surface area contributed by atoms with Crippen LogP contribution in [0.15, 0.2) is 88.9 Å². The van der Waals surface area contributed by atoms with Crippen molar-refractivity contribution in [1.82, 2.24) is 4.90 Å². The molecule has 174 valence electrons. The topological polar surface area (TPSA) is 66.8 Å². The van der Waals surface area contributed by atoms with Gasteiger partial charge in [-0.3, -0.25) is 9.59 Å². The zero-order chi connectivity index (χ0) is 24.1. The largest absolute Gasteiger partial charge is 0.507 e. The van der Waals surface area contributed by atoms with Crippen molar-refractivity contribution < 1.29 is 19.4 Å². The zero-order valence-corrected chi connectivity index (χ0v) is 20.5. The van der Waals surface area contributed by atoms with Crippen LogP contribution in [-0.2, 0) is 16.0 Å². The van der Waals surface area contributed by atoms with Gasteiger partial charge in [0, 0.05) is 16.6 Å². The summed E-state index contributed by atoms with van der Waals surface area (Å²) in [5.74, 6) is -0.896. The minimum atomic E-state index is -0.693. The van der Waals surface area contributed by atoms with Crippen LogP contribution in [0.3, 0.4) is 0 Å². The Morgan fingerprint density at radius 1 is 1.00 bits per heavy atom. The molecule has 1 aliphatic rings. The lowest BCUT2D eigenvalue weighted by Gasteiger charge is -2.25. The van der Waals surface area contributed by atoms with Crippen molar-refractivity contribution in [2.45, 2.75) is 25.8 Å². The van der Waals surface area contributed by atoms with Gasteiger partial charge in [0.1, 0.15) is 11.5 Å². The van der Waals surface area contributed by atoms with E-state index in [1.807, 2.05) is 61.5 Å². The van der Waals surface area contributed by atoms with E-state index in [1.54, 1.807) is 29.2 Å². The van der Waals surface area contributed by atoms with Crippen LogP contribution in [0.25, 0.3) is 5.76 Å². The predicted molar refractivity (Wildman–Crippen MR) is 136 cm³/mol. The molecule has 1 N–H and O–H groups in total. The van der Waals surface area contributed by atoms with Gasteiger partial charge in [0.25, 0.3) is 11.7 Å². The maximum absolute atomic E-state index is 13.2. The smallest absolute Gasteiger partial charge is 0.295 e. The Kier molecular flexibility index (Phi) is 7.48. The number of carbonyl (C=O) groups excluding carboxylic acids is 2. The third kappa shape index (κ3) is 5.07. The van der Waals surface area contributed by atoms with Crippen LogP contribution in [0.1, 0.15) is 36.1 Å². The maximum atomic E-state index is 13.2. The van der Waals surface area contributed by atoms with E-state index in [0.717, 1.165) is 22.0 Å². The van der Waals surface area contributed by atoms with Gasteiger partial charge in [0.15, 0.2) is 0 Å². The van der Waals surface area contributed by atoms with Crippen molar-refractivity contribution in [1.29, 1.82) is 0 Å². The third-order valence-electron chi connectivity index (χ3n) is 5.77. The molecular formula is C28H26BrNO4. The molecule has 0 aliphatic carbocycles. The van der Waals surface area contributed by atoms with Crippen LogP contribution in [0.4, 0.5) is 0 Å². The van der Waals surface area contributed by atoms with Gasteiger partial charge < -0.3 is 14.7 Å². The molecule has 1 saturated heterocycles. The minimum absolute atomic E-state index is 0.0869. The van der Waals surface area contributed by atoms with E-state index in [0.29, 0.717) is 30.9 Å². The Morgan fingerprint density at radius 3 is 2.50 bits per heavy atom. The highest BCUT2D eigenvalue weighted by molar-refractivity contribution is 9.10. The molecule has 1 amide bonds. The van der Waals surface area contributed by atoms with Crippen LogP contribution in [0.2, 0.25) is 0 Å². The summed E-state index contributed by atoms with van der Waals surface area (Å²) in [6.07, 6.45) is 1.45. The van der Waals surface area contributed by atoms with Gasteiger partial charge in [0.2, 0.25) is 0 Å². The fourth-order valence-corrected chi connectivity index (χ4v) is 4.55. The summed E-state index contributed by atoms with van der Waals surface area (Å²) in [5, 5.41) is 11.3. The number of benzene rings is 3. The first-order chi connectivity index (χ1) is 16.5. The number of ketones is 1. The van der Waals surface area contributed by atoms with E-state index in [1.165, 1.54) is 0 Å². The van der Waals surface area contributed by atoms with E-state index < -0.39 is 17.7 Å². The van der Waals surface area contributed by atoms with Gasteiger partial charge in [0.05, 0.1) is 18.2 Å². The molecule has 0 saturated carbocycles. The fraction of sp³-hybridized carbons (Fsp3) is 0.214. The monoisotopic (exact) mass is 519 g/mol. The maximum Gasteiger partial charge on any atom is 0.295 e. The minimum Gasteiger partial charge on any atom is -0.507 e. The summed E-state index contributed by atoms with van der Waals surface area (Å²) in [5.41, 5.74) is 2.35. The predicted octanol–water partition coefficient (Wildman–Crippen LogP) is 5.90. The zero-order valence-electron chi connectivity index (χ0n) is 18.9. The first-order valence-corrected chi connectivity index (χ1v) is 12.1. The quantitative estimate of drug-likeness (QED) is 0.228. The molecule has 0 spiro atoms. The first-order valence-electron chi connectivity index (χ1n) is 11.3. The van der Waals surface area contributed by atoms with Crippen molar-refractivity contribution >= 4 is 33.4 Å². The van der Waals surface area contributed by atoms with Gasteiger partial charge in [-0.15, -0.1) is 0 Å². The Hall–Kier alpha value is -3.38. The van der Waals surface area contributed by atoms with Crippen LogP contribution < -0.4 is 4.74 Å². The van der Waals surface area contributed by atoms with Gasteiger partial charge >= 0.3 is 0 Å². The summed E-state index contributed by atoms with van der Waals surface area (Å²) in [6, 6.07) is 23.6. The summed E-state index contributed by atoms with van der Waals surface area (Å²) >= 11 is 3.49. The summed E-state index contributed by atoms with van der Waals surface area (Å²) in [4.78, 5) is 27.9. The number of ether oxygens (including phenoxy) is 1. The molecule has 1 atom stereocenters. The van der Waals surface area contributed by atoms with Crippen molar-refractivity contribution in [3.05, 3.63) is 106 Å². The van der Waals surface area contributed by atoms with Gasteiger partial charge in [-0.25, -0.2) is 0 Å². The van der Waals surface area contributed by atoms with Crippen LogP contribution in [0, 0.1) is 0 Å². The van der Waals surface area contributed by atoms with Crippen LogP contribution in [0.5, 0.6) is 5.75 Å². The van der Waals surface area contributed by atoms with E-state index in [4.69, 9.17) is 4.74 Å². The molecule has 3 aromatic rings. The normalized spacial score (nSPS) is 17.2. The Morgan fingerprint density at radius 2 is 1.76 bits per heavy atom. The van der Waals surface area contributed by atoms with Crippen LogP contribution >= 0.6 is 15.9 Å². The van der Waals surface area contributed by atoms with Crippen molar-refractivity contribution in [2.24, 2.45) is 0 Å². The average Bonchev–Trinajstić information content (AvgIpc) is 3.11. The number of likely N-dealkylation sites (tertiary alicyclic amines) is 1. The molecule has 1 unspecified atom stereocenters. The van der Waals surface area contributed by atoms with Crippen molar-refractivity contribution in [3.63, 3.8) is 0 Å². The van der Waals surface area contributed by atoms with Crippen molar-refractivity contribution in [2.75, 3.05) is 13.2 Å². The number of aliphatic hydroxyl groups is 1. The number of hydrogen-bond donors (Lipinski definition) is 1. The average molecular weight is 520 g/mol. The van der Waals surface area contributed by atoms with Crippen LogP contribution in [-0.4, -0.2) is 34.8 Å². The summed E-state index contributed by atoms with van der Waals surface area (Å²) < 4.78 is 6.52. The molecule has 1 aliphatic heterocycles. The van der Waals surface area contributed by atoms with Gasteiger partial charge in [-0.2, -0.15) is 0 Å². The SMILES string of the molecule is CCCOc1cccc(/C(O)=C2\C(=O)C(=O)N(CCc3ccccc3)C2c2cccc(Br)c2)c1. The van der Waals surface area contributed by atoms with E-state index >= 15 is 0 Å². The molecule has 34 heavy (non-hydrogen) atoms. The Balaban J connectivity index is 1.76. The number of halogens is 1. The van der Waals surface area contributed by atoms with E-state index in [2.05, 4.69) is 15.9 Å². The molecule has 0 aromatic heterocycles. The third-order valence-corrected chi connectivity index (χ3v) is 6.26. The standard InChI is InChI=1S/C28H26BrNO4/c1-2-16-34-23-13-7-11-21(18-23)26(31)24-25(20-10-6-12-22(29)17-20)30(28(33)27(24)32)15-14-19-8-4-3-5-9-19/h3-13,17-18,25,31H,2,14-16H2,1H3/b26-24+. The summed E-state index contributed by atoms with van der Waals surface area (Å²) in [6.45, 7) is 2.91. The molecule has 5 nitrogen and oxygen atoms in total. The second-order valence-corrected chi connectivity index (χ2v) is 9.08. The lowest BCUT2D eigenvalue weighted by molar-refractivity contribution is -0.139. The second kappa shape index (κ2) is 10.7. The highest BCUT2D eigenvalue weighted by Crippen LogP contribution is 2.40. The molecule has 0 bridgehead atoms.